The predicted octanol–water partition coefficient (Wildman–Crippen LogP) is 4.94. The van der Waals surface area contributed by atoms with Gasteiger partial charge in [0.25, 0.3) is 0 Å². The van der Waals surface area contributed by atoms with E-state index in [0.29, 0.717) is 10.6 Å². The maximum Gasteiger partial charge on any atom is 0.335 e. The van der Waals surface area contributed by atoms with Crippen LogP contribution < -0.4 is 10.1 Å². The number of aliphatic carboxylic acids is 1. The van der Waals surface area contributed by atoms with Crippen LogP contribution in [-0.4, -0.2) is 17.7 Å². The average molecular weight is 390 g/mol. The van der Waals surface area contributed by atoms with Crippen molar-refractivity contribution in [3.05, 3.63) is 100 Å². The molecule has 5 rings (SSSR count). The third-order valence-corrected chi connectivity index (χ3v) is 5.61. The Morgan fingerprint density at radius 2 is 1.71 bits per heavy atom. The van der Waals surface area contributed by atoms with Crippen LogP contribution in [0.4, 0.5) is 5.69 Å². The number of hydrogen-bond donors (Lipinski definition) is 2. The van der Waals surface area contributed by atoms with Gasteiger partial charge in [0, 0.05) is 10.6 Å². The lowest BCUT2D eigenvalue weighted by atomic mass is 9.85. The summed E-state index contributed by atoms with van der Waals surface area (Å²) in [6, 6.07) is 22.6. The molecule has 1 atom stereocenters. The van der Waals surface area contributed by atoms with Gasteiger partial charge in [0.1, 0.15) is 17.9 Å². The lowest BCUT2D eigenvalue weighted by Crippen LogP contribution is -2.46. The van der Waals surface area contributed by atoms with Gasteiger partial charge in [0.15, 0.2) is 0 Å². The Labute approximate surface area is 167 Å². The molecule has 1 aliphatic heterocycles. The minimum Gasteiger partial charge on any atom is -0.488 e. The van der Waals surface area contributed by atoms with E-state index in [4.69, 9.17) is 16.3 Å². The molecule has 3 aromatic carbocycles. The first-order valence-corrected chi connectivity index (χ1v) is 9.32. The Kier molecular flexibility index (Phi) is 3.71. The first kappa shape index (κ1) is 16.9. The Hall–Kier alpha value is -3.24. The van der Waals surface area contributed by atoms with Gasteiger partial charge in [-0.2, -0.15) is 0 Å². The van der Waals surface area contributed by atoms with Gasteiger partial charge in [0.2, 0.25) is 0 Å². The number of anilines is 1. The molecular weight excluding hydrogens is 374 g/mol. The molecule has 1 spiro atoms. The van der Waals surface area contributed by atoms with Gasteiger partial charge in [-0.05, 0) is 41.0 Å². The van der Waals surface area contributed by atoms with E-state index in [1.165, 1.54) is 0 Å². The van der Waals surface area contributed by atoms with Crippen molar-refractivity contribution in [3.63, 3.8) is 0 Å². The van der Waals surface area contributed by atoms with Crippen LogP contribution in [0.5, 0.6) is 5.75 Å². The van der Waals surface area contributed by atoms with Gasteiger partial charge >= 0.3 is 5.97 Å². The molecule has 0 saturated carbocycles. The normalized spacial score (nSPS) is 19.6. The number of carbonyl (C=O) groups is 1. The third kappa shape index (κ3) is 2.35. The Morgan fingerprint density at radius 3 is 2.50 bits per heavy atom. The monoisotopic (exact) mass is 389 g/mol. The summed E-state index contributed by atoms with van der Waals surface area (Å²) in [5, 5.41) is 14.3. The van der Waals surface area contributed by atoms with Crippen LogP contribution >= 0.6 is 11.6 Å². The van der Waals surface area contributed by atoms with Crippen molar-refractivity contribution < 1.29 is 14.6 Å². The lowest BCUT2D eigenvalue weighted by Gasteiger charge is -2.38. The summed E-state index contributed by atoms with van der Waals surface area (Å²) < 4.78 is 6.02. The fourth-order valence-corrected chi connectivity index (χ4v) is 4.32. The van der Waals surface area contributed by atoms with Crippen molar-refractivity contribution in [3.8, 4) is 5.75 Å². The Morgan fingerprint density at radius 1 is 1.00 bits per heavy atom. The summed E-state index contributed by atoms with van der Waals surface area (Å²) in [5.41, 5.74) is 3.38. The molecule has 0 radical (unpaired) electrons. The highest BCUT2D eigenvalue weighted by Gasteiger charge is 2.51. The van der Waals surface area contributed by atoms with Gasteiger partial charge in [-0.15, -0.1) is 0 Å². The van der Waals surface area contributed by atoms with E-state index in [-0.39, 0.29) is 12.2 Å². The predicted molar refractivity (Wildman–Crippen MR) is 109 cm³/mol. The molecule has 0 fully saturated rings. The highest BCUT2D eigenvalue weighted by Crippen LogP contribution is 2.52. The van der Waals surface area contributed by atoms with Crippen LogP contribution in [0, 0.1) is 0 Å². The standard InChI is InChI=1S/C23H16ClNO3/c24-15-11-9-14(10-12-15)20-16-5-1-2-6-17(16)23(21(20)22(26)27)13-28-19-8-4-3-7-18(19)25-23/h1-12,25H,13H2,(H,26,27). The SMILES string of the molecule is O=C(O)C1=C(c2ccc(Cl)cc2)c2ccccc2C12COc1ccccc1N2. The number of benzene rings is 3. The smallest absolute Gasteiger partial charge is 0.335 e. The van der Waals surface area contributed by atoms with Crippen LogP contribution in [0.3, 0.4) is 0 Å². The second-order valence-corrected chi connectivity index (χ2v) is 7.36. The van der Waals surface area contributed by atoms with Gasteiger partial charge in [-0.25, -0.2) is 4.79 Å². The van der Waals surface area contributed by atoms with E-state index in [1.54, 1.807) is 12.1 Å². The van der Waals surface area contributed by atoms with E-state index in [2.05, 4.69) is 5.32 Å². The zero-order valence-corrected chi connectivity index (χ0v) is 15.5. The zero-order valence-electron chi connectivity index (χ0n) is 14.8. The van der Waals surface area contributed by atoms with Crippen LogP contribution in [-0.2, 0) is 10.3 Å². The maximum atomic E-state index is 12.5. The van der Waals surface area contributed by atoms with Crippen LogP contribution in [0.1, 0.15) is 16.7 Å². The number of ether oxygens (including phenoxy) is 1. The first-order valence-electron chi connectivity index (χ1n) is 8.94. The summed E-state index contributed by atoms with van der Waals surface area (Å²) in [6.45, 7) is 0.194. The zero-order chi connectivity index (χ0) is 19.3. The summed E-state index contributed by atoms with van der Waals surface area (Å²) in [4.78, 5) is 12.5. The van der Waals surface area contributed by atoms with Crippen molar-refractivity contribution in [1.82, 2.24) is 0 Å². The summed E-state index contributed by atoms with van der Waals surface area (Å²) >= 11 is 6.05. The van der Waals surface area contributed by atoms with E-state index in [9.17, 15) is 9.90 Å². The topological polar surface area (TPSA) is 58.6 Å². The number of hydrogen-bond acceptors (Lipinski definition) is 3. The molecule has 1 heterocycles. The fraction of sp³-hybridized carbons (Fsp3) is 0.0870. The molecule has 0 bridgehead atoms. The number of carboxylic acids is 1. The Bertz CT molecular complexity index is 1140. The van der Waals surface area contributed by atoms with E-state index >= 15 is 0 Å². The molecule has 0 saturated heterocycles. The molecule has 4 nitrogen and oxygen atoms in total. The maximum absolute atomic E-state index is 12.5. The minimum absolute atomic E-state index is 0.194. The van der Waals surface area contributed by atoms with Crippen LogP contribution in [0.25, 0.3) is 5.57 Å². The second kappa shape index (κ2) is 6.14. The molecule has 1 unspecified atom stereocenters. The number of carboxylic acid groups (broad SMARTS) is 1. The van der Waals surface area contributed by atoms with Gasteiger partial charge < -0.3 is 15.2 Å². The lowest BCUT2D eigenvalue weighted by molar-refractivity contribution is -0.133. The number of halogens is 1. The number of para-hydroxylation sites is 2. The summed E-state index contributed by atoms with van der Waals surface area (Å²) in [5.74, 6) is -0.257. The number of rotatable bonds is 2. The minimum atomic E-state index is -0.975. The van der Waals surface area contributed by atoms with Crippen molar-refractivity contribution in [2.45, 2.75) is 5.54 Å². The summed E-state index contributed by atoms with van der Waals surface area (Å²) in [7, 11) is 0. The molecule has 3 aromatic rings. The van der Waals surface area contributed by atoms with Crippen molar-refractivity contribution in [2.75, 3.05) is 11.9 Å². The van der Waals surface area contributed by atoms with Crippen LogP contribution in [0.15, 0.2) is 78.4 Å². The largest absolute Gasteiger partial charge is 0.488 e. The van der Waals surface area contributed by atoms with Crippen molar-refractivity contribution in [2.24, 2.45) is 0 Å². The first-order chi connectivity index (χ1) is 13.6. The van der Waals surface area contributed by atoms with Crippen molar-refractivity contribution >= 4 is 28.8 Å². The average Bonchev–Trinajstić information content (AvgIpc) is 2.99. The molecule has 5 heteroatoms. The fourth-order valence-electron chi connectivity index (χ4n) is 4.19. The molecule has 28 heavy (non-hydrogen) atoms. The van der Waals surface area contributed by atoms with Gasteiger partial charge in [0.05, 0.1) is 11.3 Å². The number of nitrogens with one attached hydrogen (secondary N) is 1. The number of fused-ring (bicyclic) bond motifs is 3. The van der Waals surface area contributed by atoms with E-state index in [1.807, 2.05) is 60.7 Å². The molecule has 138 valence electrons. The second-order valence-electron chi connectivity index (χ2n) is 6.92. The summed E-state index contributed by atoms with van der Waals surface area (Å²) in [6.07, 6.45) is 0. The van der Waals surface area contributed by atoms with Crippen LogP contribution in [0.2, 0.25) is 5.02 Å². The molecule has 0 amide bonds. The quantitative estimate of drug-likeness (QED) is 0.651. The molecule has 2 aliphatic rings. The van der Waals surface area contributed by atoms with Gasteiger partial charge in [-0.1, -0.05) is 60.1 Å². The third-order valence-electron chi connectivity index (χ3n) is 5.36. The highest BCUT2D eigenvalue weighted by atomic mass is 35.5. The molecule has 0 aromatic heterocycles. The van der Waals surface area contributed by atoms with Crippen molar-refractivity contribution in [1.29, 1.82) is 0 Å². The van der Waals surface area contributed by atoms with E-state index in [0.717, 1.165) is 28.1 Å². The highest BCUT2D eigenvalue weighted by molar-refractivity contribution is 6.30. The Balaban J connectivity index is 1.80. The van der Waals surface area contributed by atoms with E-state index < -0.39 is 11.5 Å². The molecule has 2 N–H and O–H groups in total. The molecular formula is C23H16ClNO3. The molecule has 1 aliphatic carbocycles. The van der Waals surface area contributed by atoms with Gasteiger partial charge in [-0.3, -0.25) is 0 Å².